The van der Waals surface area contributed by atoms with Gasteiger partial charge in [0.05, 0.1) is 23.4 Å². The molecule has 2 aliphatic carbocycles. The maximum absolute atomic E-state index is 12.9. The molecule has 1 saturated carbocycles. The predicted molar refractivity (Wildman–Crippen MR) is 93.8 cm³/mol. The first-order valence-electron chi connectivity index (χ1n) is 6.96. The number of allylic oxidation sites excluding steroid dienone is 5. The molecule has 0 radical (unpaired) electrons. The topological polar surface area (TPSA) is 52.0 Å². The van der Waals surface area contributed by atoms with Crippen LogP contribution < -0.4 is 0 Å². The number of fused-ring (bicyclic) bond motifs is 1. The molecule has 2 heterocycles. The number of hydrogen-bond acceptors (Lipinski definition) is 3. The maximum Gasteiger partial charge on any atom is 0.293 e. The molecule has 0 N–H and O–H groups in total. The first-order chi connectivity index (χ1) is 10.6. The summed E-state index contributed by atoms with van der Waals surface area (Å²) < 4.78 is 28.1. The Labute approximate surface area is 142 Å². The van der Waals surface area contributed by atoms with Crippen molar-refractivity contribution in [2.45, 2.75) is 18.8 Å². The standard InChI is InChI=1S/C16H12IN2O2S/c17-13-10-19(22(20,21)12-4-2-1-3-5-12)14-8-9-18-16(15(13)14)11-6-7-11/h2-5,8-11H,6-7H2/q+1. The largest absolute Gasteiger partial charge is 0.293 e. The van der Waals surface area contributed by atoms with Crippen LogP contribution >= 0.6 is 22.6 Å². The molecule has 22 heavy (non-hydrogen) atoms. The first-order valence-corrected chi connectivity index (χ1v) is 9.48. The number of pyridine rings is 1. The highest BCUT2D eigenvalue weighted by atomic mass is 127. The molecule has 6 heteroatoms. The van der Waals surface area contributed by atoms with Crippen molar-refractivity contribution in [3.63, 3.8) is 0 Å². The molecular weight excluding hydrogens is 411 g/mol. The Hall–Kier alpha value is -1.50. The van der Waals surface area contributed by atoms with Gasteiger partial charge in [0.2, 0.25) is 0 Å². The van der Waals surface area contributed by atoms with Gasteiger partial charge in [-0.1, -0.05) is 0 Å². The van der Waals surface area contributed by atoms with Gasteiger partial charge in [-0.3, -0.25) is 4.98 Å². The second-order valence-electron chi connectivity index (χ2n) is 5.38. The lowest BCUT2D eigenvalue weighted by Crippen LogP contribution is -2.13. The first kappa shape index (κ1) is 14.1. The predicted octanol–water partition coefficient (Wildman–Crippen LogP) is 3.51. The zero-order valence-electron chi connectivity index (χ0n) is 11.5. The molecular formula is C16H12IN2O2S+. The van der Waals surface area contributed by atoms with E-state index in [-0.39, 0.29) is 4.91 Å². The summed E-state index contributed by atoms with van der Waals surface area (Å²) in [5, 5.41) is 0.969. The zero-order chi connectivity index (χ0) is 15.3. The van der Waals surface area contributed by atoms with E-state index < -0.39 is 10.0 Å². The third kappa shape index (κ3) is 2.14. The van der Waals surface area contributed by atoms with Crippen LogP contribution in [0.15, 0.2) is 47.7 Å². The highest BCUT2D eigenvalue weighted by molar-refractivity contribution is 14.1. The van der Waals surface area contributed by atoms with Crippen molar-refractivity contribution >= 4 is 43.5 Å². The van der Waals surface area contributed by atoms with Crippen LogP contribution in [0.2, 0.25) is 0 Å². The van der Waals surface area contributed by atoms with E-state index in [9.17, 15) is 8.42 Å². The maximum atomic E-state index is 12.9. The van der Waals surface area contributed by atoms with Gasteiger partial charge in [0.15, 0.2) is 4.91 Å². The highest BCUT2D eigenvalue weighted by Crippen LogP contribution is 2.43. The highest BCUT2D eigenvalue weighted by Gasteiger charge is 2.31. The van der Waals surface area contributed by atoms with Crippen LogP contribution in [0.25, 0.3) is 10.9 Å². The summed E-state index contributed by atoms with van der Waals surface area (Å²) in [4.78, 5) is 4.75. The van der Waals surface area contributed by atoms with Gasteiger partial charge < -0.3 is 0 Å². The number of nitrogens with zero attached hydrogens (tertiary/aromatic N) is 2. The Morgan fingerprint density at radius 3 is 2.86 bits per heavy atom. The van der Waals surface area contributed by atoms with Crippen molar-refractivity contribution < 1.29 is 8.42 Å². The average Bonchev–Trinajstić information content (AvgIpc) is 3.32. The Morgan fingerprint density at radius 1 is 1.36 bits per heavy atom. The molecule has 110 valence electrons. The van der Waals surface area contributed by atoms with Gasteiger partial charge in [-0.2, -0.15) is 8.42 Å². The minimum Gasteiger partial charge on any atom is -0.260 e. The second kappa shape index (κ2) is 5.01. The van der Waals surface area contributed by atoms with Crippen molar-refractivity contribution in [3.8, 4) is 0 Å². The van der Waals surface area contributed by atoms with Gasteiger partial charge in [0.25, 0.3) is 10.0 Å². The van der Waals surface area contributed by atoms with E-state index in [1.54, 1.807) is 42.8 Å². The molecule has 0 aliphatic heterocycles. The molecule has 0 amide bonds. The molecule has 0 unspecified atom stereocenters. The number of halogens is 1. The molecule has 2 aromatic rings. The molecule has 2 aromatic heterocycles. The van der Waals surface area contributed by atoms with Crippen LogP contribution in [0.5, 0.6) is 0 Å². The van der Waals surface area contributed by atoms with Crippen molar-refractivity contribution in [2.24, 2.45) is 0 Å². The minimum atomic E-state index is -3.60. The summed E-state index contributed by atoms with van der Waals surface area (Å²) in [5.41, 5.74) is 1.73. The van der Waals surface area contributed by atoms with Crippen LogP contribution in [0.1, 0.15) is 24.5 Å². The SMILES string of the molecule is O=S(=O)(C1=CC=[C+]C=C1)n1cc(I)c2c(C3CC3)nccc21. The smallest absolute Gasteiger partial charge is 0.260 e. The van der Waals surface area contributed by atoms with Crippen LogP contribution in [0.4, 0.5) is 0 Å². The molecule has 0 bridgehead atoms. The van der Waals surface area contributed by atoms with Gasteiger partial charge >= 0.3 is 0 Å². The van der Waals surface area contributed by atoms with Crippen LogP contribution in [0.3, 0.4) is 0 Å². The fourth-order valence-corrected chi connectivity index (χ4v) is 5.04. The van der Waals surface area contributed by atoms with Gasteiger partial charge in [0.1, 0.15) is 12.2 Å². The minimum absolute atomic E-state index is 0.268. The Bertz CT molecular complexity index is 963. The Morgan fingerprint density at radius 2 is 2.18 bits per heavy atom. The molecule has 4 nitrogen and oxygen atoms in total. The normalized spacial score (nSPS) is 17.6. The molecule has 0 spiro atoms. The van der Waals surface area contributed by atoms with Crippen LogP contribution in [-0.4, -0.2) is 17.4 Å². The Balaban J connectivity index is 1.97. The number of hydrogen-bond donors (Lipinski definition) is 0. The molecule has 2 aliphatic rings. The van der Waals surface area contributed by atoms with Crippen molar-refractivity contribution in [2.75, 3.05) is 0 Å². The van der Waals surface area contributed by atoms with E-state index in [2.05, 4.69) is 33.7 Å². The van der Waals surface area contributed by atoms with E-state index in [1.165, 1.54) is 3.97 Å². The fraction of sp³-hybridized carbons (Fsp3) is 0.188. The van der Waals surface area contributed by atoms with Gasteiger partial charge in [0, 0.05) is 33.3 Å². The monoisotopic (exact) mass is 423 g/mol. The summed E-state index contributed by atoms with van der Waals surface area (Å²) >= 11 is 2.19. The van der Waals surface area contributed by atoms with E-state index >= 15 is 0 Å². The molecule has 4 rings (SSSR count). The molecule has 0 aromatic carbocycles. The lowest BCUT2D eigenvalue weighted by Gasteiger charge is -2.06. The van der Waals surface area contributed by atoms with E-state index in [4.69, 9.17) is 0 Å². The summed E-state index contributed by atoms with van der Waals surface area (Å²) in [7, 11) is -3.60. The quantitative estimate of drug-likeness (QED) is 0.561. The lowest BCUT2D eigenvalue weighted by molar-refractivity contribution is 0.596. The van der Waals surface area contributed by atoms with Gasteiger partial charge in [-0.15, -0.1) is 0 Å². The summed E-state index contributed by atoms with van der Waals surface area (Å²) in [6.45, 7) is 0. The lowest BCUT2D eigenvalue weighted by atomic mass is 10.2. The molecule has 0 saturated heterocycles. The second-order valence-corrected chi connectivity index (χ2v) is 8.36. The number of aromatic nitrogens is 2. The Kier molecular flexibility index (Phi) is 3.21. The summed E-state index contributed by atoms with van der Waals surface area (Å²) in [6, 6.07) is 1.77. The van der Waals surface area contributed by atoms with E-state index in [1.807, 2.05) is 0 Å². The average molecular weight is 423 g/mol. The van der Waals surface area contributed by atoms with Crippen molar-refractivity contribution in [1.82, 2.24) is 8.96 Å². The van der Waals surface area contributed by atoms with Gasteiger partial charge in [-0.25, -0.2) is 3.97 Å². The van der Waals surface area contributed by atoms with E-state index in [0.717, 1.165) is 27.5 Å². The molecule has 1 fully saturated rings. The summed E-state index contributed by atoms with van der Waals surface area (Å²) in [6.07, 6.45) is 14.9. The van der Waals surface area contributed by atoms with Crippen molar-refractivity contribution in [1.29, 1.82) is 0 Å². The third-order valence-electron chi connectivity index (χ3n) is 3.87. The summed E-state index contributed by atoms with van der Waals surface area (Å²) in [5.74, 6) is 0.474. The molecule has 0 atom stereocenters. The fourth-order valence-electron chi connectivity index (χ4n) is 2.65. The zero-order valence-corrected chi connectivity index (χ0v) is 14.5. The van der Waals surface area contributed by atoms with Crippen LogP contribution in [0, 0.1) is 9.65 Å². The number of rotatable bonds is 3. The van der Waals surface area contributed by atoms with Crippen LogP contribution in [-0.2, 0) is 10.0 Å². The third-order valence-corrected chi connectivity index (χ3v) is 6.38. The van der Waals surface area contributed by atoms with E-state index in [0.29, 0.717) is 11.4 Å². The van der Waals surface area contributed by atoms with Crippen molar-refractivity contribution in [3.05, 3.63) is 63.0 Å². The van der Waals surface area contributed by atoms with Gasteiger partial charge in [-0.05, 0) is 41.5 Å².